The molecule has 2 rings (SSSR count). The number of aromatic nitrogens is 2. The summed E-state index contributed by atoms with van der Waals surface area (Å²) in [5.41, 5.74) is 2.48. The van der Waals surface area contributed by atoms with Gasteiger partial charge < -0.3 is 14.8 Å². The van der Waals surface area contributed by atoms with Crippen molar-refractivity contribution in [2.45, 2.75) is 40.0 Å². The molecule has 0 radical (unpaired) electrons. The number of nitrogens with one attached hydrogen (secondary N) is 1. The molecule has 0 atom stereocenters. The maximum atomic E-state index is 5.84. The van der Waals surface area contributed by atoms with E-state index in [9.17, 15) is 0 Å². The molecule has 1 heterocycles. The van der Waals surface area contributed by atoms with Crippen molar-refractivity contribution >= 4 is 0 Å². The van der Waals surface area contributed by atoms with E-state index >= 15 is 0 Å². The molecule has 1 aromatic heterocycles. The molecule has 6 nitrogen and oxygen atoms in total. The maximum Gasteiger partial charge on any atom is 0.145 e. The van der Waals surface area contributed by atoms with Crippen LogP contribution in [0.25, 0.3) is 0 Å². The van der Waals surface area contributed by atoms with Crippen LogP contribution in [0.1, 0.15) is 30.8 Å². The van der Waals surface area contributed by atoms with Gasteiger partial charge in [-0.3, -0.25) is 0 Å². The van der Waals surface area contributed by atoms with Gasteiger partial charge in [0.25, 0.3) is 0 Å². The predicted molar refractivity (Wildman–Crippen MR) is 78.3 cm³/mol. The van der Waals surface area contributed by atoms with Crippen molar-refractivity contribution in [2.24, 2.45) is 0 Å². The summed E-state index contributed by atoms with van der Waals surface area (Å²) in [6.45, 7) is 7.08. The average molecular weight is 291 g/mol. The fraction of sp³-hybridized carbons (Fsp3) is 0.467. The van der Waals surface area contributed by atoms with Gasteiger partial charge in [-0.2, -0.15) is 0 Å². The zero-order valence-electron chi connectivity index (χ0n) is 12.8. The predicted octanol–water partition coefficient (Wildman–Crippen LogP) is 2.46. The van der Waals surface area contributed by atoms with Crippen LogP contribution in [0.2, 0.25) is 0 Å². The first-order chi connectivity index (χ1) is 10.1. The van der Waals surface area contributed by atoms with Gasteiger partial charge >= 0.3 is 0 Å². The fourth-order valence-electron chi connectivity index (χ4n) is 1.80. The van der Waals surface area contributed by atoms with E-state index in [0.29, 0.717) is 24.9 Å². The highest BCUT2D eigenvalue weighted by Gasteiger charge is 2.10. The molecule has 6 heteroatoms. The summed E-state index contributed by atoms with van der Waals surface area (Å²) in [5.74, 6) is 1.61. The lowest BCUT2D eigenvalue weighted by atomic mass is 10.1. The third kappa shape index (κ3) is 4.19. The highest BCUT2D eigenvalue weighted by molar-refractivity contribution is 5.40. The van der Waals surface area contributed by atoms with Crippen LogP contribution in [0, 0.1) is 6.92 Å². The summed E-state index contributed by atoms with van der Waals surface area (Å²) in [6, 6.07) is 6.14. The molecule has 1 N–H and O–H groups in total. The van der Waals surface area contributed by atoms with E-state index < -0.39 is 0 Å². The van der Waals surface area contributed by atoms with Crippen LogP contribution in [0.5, 0.6) is 11.5 Å². The van der Waals surface area contributed by atoms with Crippen LogP contribution in [-0.2, 0) is 13.2 Å². The van der Waals surface area contributed by atoms with Gasteiger partial charge in [0.2, 0.25) is 0 Å². The molecule has 0 aliphatic heterocycles. The summed E-state index contributed by atoms with van der Waals surface area (Å²) in [5, 5.41) is 10.9. The third-order valence-corrected chi connectivity index (χ3v) is 3.08. The second kappa shape index (κ2) is 7.08. The Morgan fingerprint density at radius 2 is 2.10 bits per heavy atom. The second-order valence-corrected chi connectivity index (χ2v) is 5.09. The summed E-state index contributed by atoms with van der Waals surface area (Å²) in [4.78, 5) is 0. The lowest BCUT2D eigenvalue weighted by Crippen LogP contribution is -2.22. The topological polar surface area (TPSA) is 69.4 Å². The summed E-state index contributed by atoms with van der Waals surface area (Å²) >= 11 is 0. The number of aryl methyl sites for hydroxylation is 1. The molecule has 0 aliphatic carbocycles. The second-order valence-electron chi connectivity index (χ2n) is 5.09. The summed E-state index contributed by atoms with van der Waals surface area (Å²) in [6.07, 6.45) is 0. The largest absolute Gasteiger partial charge is 0.497 e. The number of hydrogen-bond acceptors (Lipinski definition) is 6. The van der Waals surface area contributed by atoms with Crippen LogP contribution < -0.4 is 14.8 Å². The fourth-order valence-corrected chi connectivity index (χ4v) is 1.80. The Kier molecular flexibility index (Phi) is 5.16. The Bertz CT molecular complexity index is 581. The SMILES string of the molecule is COc1ccc(OCc2nonc2C)c(CNC(C)C)c1. The molecule has 0 aliphatic rings. The minimum atomic E-state index is 0.330. The Morgan fingerprint density at radius 1 is 1.29 bits per heavy atom. The lowest BCUT2D eigenvalue weighted by molar-refractivity contribution is 0.268. The third-order valence-electron chi connectivity index (χ3n) is 3.08. The van der Waals surface area contributed by atoms with Crippen molar-refractivity contribution in [1.82, 2.24) is 15.6 Å². The molecule has 114 valence electrons. The molecular formula is C15H21N3O3. The first kappa shape index (κ1) is 15.3. The van der Waals surface area contributed by atoms with Crippen LogP contribution in [-0.4, -0.2) is 23.5 Å². The van der Waals surface area contributed by atoms with E-state index in [4.69, 9.17) is 9.47 Å². The van der Waals surface area contributed by atoms with Crippen molar-refractivity contribution in [3.05, 3.63) is 35.2 Å². The van der Waals surface area contributed by atoms with Gasteiger partial charge in [-0.1, -0.05) is 24.2 Å². The van der Waals surface area contributed by atoms with Crippen molar-refractivity contribution in [3.8, 4) is 11.5 Å². The van der Waals surface area contributed by atoms with E-state index in [1.165, 1.54) is 0 Å². The Balaban J connectivity index is 2.11. The highest BCUT2D eigenvalue weighted by atomic mass is 16.6. The molecule has 0 bridgehead atoms. The molecule has 0 spiro atoms. The normalized spacial score (nSPS) is 10.9. The van der Waals surface area contributed by atoms with Crippen LogP contribution >= 0.6 is 0 Å². The molecule has 21 heavy (non-hydrogen) atoms. The van der Waals surface area contributed by atoms with Crippen molar-refractivity contribution < 1.29 is 14.1 Å². The van der Waals surface area contributed by atoms with Gasteiger partial charge in [0, 0.05) is 18.2 Å². The van der Waals surface area contributed by atoms with Gasteiger partial charge in [-0.15, -0.1) is 0 Å². The number of ether oxygens (including phenoxy) is 2. The van der Waals surface area contributed by atoms with E-state index in [0.717, 1.165) is 22.8 Å². The van der Waals surface area contributed by atoms with Gasteiger partial charge in [-0.05, 0) is 25.1 Å². The van der Waals surface area contributed by atoms with Gasteiger partial charge in [0.05, 0.1) is 7.11 Å². The molecule has 0 saturated carbocycles. The van der Waals surface area contributed by atoms with Gasteiger partial charge in [-0.25, -0.2) is 4.63 Å². The van der Waals surface area contributed by atoms with Gasteiger partial charge in [0.15, 0.2) is 0 Å². The number of methoxy groups -OCH3 is 1. The molecule has 0 unspecified atom stereocenters. The van der Waals surface area contributed by atoms with E-state index in [2.05, 4.69) is 34.1 Å². The molecule has 2 aromatic rings. The van der Waals surface area contributed by atoms with Gasteiger partial charge in [0.1, 0.15) is 29.5 Å². The number of rotatable bonds is 7. The Labute approximate surface area is 124 Å². The number of benzene rings is 1. The Morgan fingerprint density at radius 3 is 2.71 bits per heavy atom. The molecule has 0 fully saturated rings. The van der Waals surface area contributed by atoms with Crippen LogP contribution in [0.4, 0.5) is 0 Å². The number of hydrogen-bond donors (Lipinski definition) is 1. The first-order valence-electron chi connectivity index (χ1n) is 6.91. The van der Waals surface area contributed by atoms with Crippen LogP contribution in [0.3, 0.4) is 0 Å². The van der Waals surface area contributed by atoms with Crippen LogP contribution in [0.15, 0.2) is 22.8 Å². The Hall–Kier alpha value is -2.08. The smallest absolute Gasteiger partial charge is 0.145 e. The highest BCUT2D eigenvalue weighted by Crippen LogP contribution is 2.25. The molecule has 1 aromatic carbocycles. The quantitative estimate of drug-likeness (QED) is 0.845. The van der Waals surface area contributed by atoms with E-state index in [-0.39, 0.29) is 0 Å². The minimum absolute atomic E-state index is 0.330. The van der Waals surface area contributed by atoms with E-state index in [1.54, 1.807) is 7.11 Å². The zero-order chi connectivity index (χ0) is 15.2. The monoisotopic (exact) mass is 291 g/mol. The maximum absolute atomic E-state index is 5.84. The standard InChI is InChI=1S/C15H21N3O3/c1-10(2)16-8-12-7-13(19-4)5-6-15(12)20-9-14-11(3)17-21-18-14/h5-7,10,16H,8-9H2,1-4H3. The average Bonchev–Trinajstić information content (AvgIpc) is 2.88. The lowest BCUT2D eigenvalue weighted by Gasteiger charge is -2.14. The van der Waals surface area contributed by atoms with Crippen molar-refractivity contribution in [3.63, 3.8) is 0 Å². The minimum Gasteiger partial charge on any atom is -0.497 e. The molecular weight excluding hydrogens is 270 g/mol. The number of nitrogens with zero attached hydrogens (tertiary/aromatic N) is 2. The zero-order valence-corrected chi connectivity index (χ0v) is 12.8. The molecule has 0 amide bonds. The summed E-state index contributed by atoms with van der Waals surface area (Å²) in [7, 11) is 1.65. The summed E-state index contributed by atoms with van der Waals surface area (Å²) < 4.78 is 15.8. The van der Waals surface area contributed by atoms with Crippen molar-refractivity contribution in [1.29, 1.82) is 0 Å². The molecule has 0 saturated heterocycles. The van der Waals surface area contributed by atoms with E-state index in [1.807, 2.05) is 25.1 Å². The first-order valence-corrected chi connectivity index (χ1v) is 6.91. The van der Waals surface area contributed by atoms with Crippen molar-refractivity contribution in [2.75, 3.05) is 7.11 Å².